The van der Waals surface area contributed by atoms with E-state index in [0.717, 1.165) is 16.5 Å². The normalized spacial score (nSPS) is 10.6. The van der Waals surface area contributed by atoms with Crippen LogP contribution >= 0.6 is 11.3 Å². The number of aromatic nitrogens is 2. The van der Waals surface area contributed by atoms with Crippen molar-refractivity contribution >= 4 is 33.3 Å². The number of para-hydroxylation sites is 1. The number of benzene rings is 2. The second-order valence-corrected chi connectivity index (χ2v) is 6.82. The third-order valence-electron chi connectivity index (χ3n) is 4.30. The van der Waals surface area contributed by atoms with E-state index in [9.17, 15) is 4.79 Å². The fraction of sp³-hybridized carbons (Fsp3) is 0.0952. The molecule has 0 bridgehead atoms. The molecule has 2 aromatic carbocycles. The molecule has 0 atom stereocenters. The number of thiazole rings is 1. The number of carbonyl (C=O) groups excluding carboxylic acids is 1. The quantitative estimate of drug-likeness (QED) is 0.537. The van der Waals surface area contributed by atoms with E-state index in [1.54, 1.807) is 32.5 Å². The van der Waals surface area contributed by atoms with Crippen LogP contribution in [0.25, 0.3) is 22.2 Å². The van der Waals surface area contributed by atoms with Gasteiger partial charge in [-0.05, 0) is 24.3 Å². The fourth-order valence-electron chi connectivity index (χ4n) is 2.96. The lowest BCUT2D eigenvalue weighted by molar-refractivity contribution is 0.102. The Labute approximate surface area is 165 Å². The number of methoxy groups -OCH3 is 2. The number of ether oxygens (including phenoxy) is 2. The Kier molecular flexibility index (Phi) is 4.90. The summed E-state index contributed by atoms with van der Waals surface area (Å²) in [5.41, 5.74) is 2.66. The molecule has 0 aliphatic heterocycles. The molecule has 28 heavy (non-hydrogen) atoms. The molecule has 0 saturated carbocycles. The predicted octanol–water partition coefficient (Wildman–Crippen LogP) is 4.63. The van der Waals surface area contributed by atoms with Gasteiger partial charge in [-0.3, -0.25) is 10.1 Å². The van der Waals surface area contributed by atoms with Gasteiger partial charge in [-0.25, -0.2) is 9.97 Å². The SMILES string of the molecule is COc1ccc(-c2cc(C(=O)Nc3nccs3)c3ccccc3n2)c(OC)c1. The highest BCUT2D eigenvalue weighted by molar-refractivity contribution is 7.13. The Morgan fingerprint density at radius 3 is 2.68 bits per heavy atom. The molecule has 1 N–H and O–H groups in total. The summed E-state index contributed by atoms with van der Waals surface area (Å²) in [6.45, 7) is 0. The van der Waals surface area contributed by atoms with Crippen LogP contribution in [0.4, 0.5) is 5.13 Å². The Bertz CT molecular complexity index is 1140. The highest BCUT2D eigenvalue weighted by Crippen LogP contribution is 2.34. The van der Waals surface area contributed by atoms with Crippen LogP contribution in [0.5, 0.6) is 11.5 Å². The Morgan fingerprint density at radius 2 is 1.93 bits per heavy atom. The van der Waals surface area contributed by atoms with Crippen LogP contribution in [-0.2, 0) is 0 Å². The average molecular weight is 391 g/mol. The zero-order valence-electron chi connectivity index (χ0n) is 15.3. The maximum Gasteiger partial charge on any atom is 0.258 e. The summed E-state index contributed by atoms with van der Waals surface area (Å²) in [4.78, 5) is 21.8. The molecule has 4 rings (SSSR count). The number of rotatable bonds is 5. The molecule has 2 heterocycles. The van der Waals surface area contributed by atoms with Gasteiger partial charge in [0.05, 0.1) is 31.0 Å². The minimum Gasteiger partial charge on any atom is -0.497 e. The first kappa shape index (κ1) is 17.9. The van der Waals surface area contributed by atoms with E-state index in [-0.39, 0.29) is 5.91 Å². The van der Waals surface area contributed by atoms with Crippen LogP contribution < -0.4 is 14.8 Å². The van der Waals surface area contributed by atoms with Crippen LogP contribution in [0.15, 0.2) is 60.1 Å². The zero-order chi connectivity index (χ0) is 19.5. The van der Waals surface area contributed by atoms with E-state index in [4.69, 9.17) is 14.5 Å². The Hall–Kier alpha value is -3.45. The van der Waals surface area contributed by atoms with Crippen molar-refractivity contribution in [3.05, 3.63) is 65.7 Å². The minimum atomic E-state index is -0.234. The van der Waals surface area contributed by atoms with Crippen LogP contribution in [-0.4, -0.2) is 30.1 Å². The van der Waals surface area contributed by atoms with Gasteiger partial charge in [0.1, 0.15) is 11.5 Å². The second-order valence-electron chi connectivity index (χ2n) is 5.93. The van der Waals surface area contributed by atoms with Gasteiger partial charge in [0.2, 0.25) is 0 Å². The van der Waals surface area contributed by atoms with Gasteiger partial charge in [0.25, 0.3) is 5.91 Å². The summed E-state index contributed by atoms with van der Waals surface area (Å²) in [6.07, 6.45) is 1.65. The Balaban J connectivity index is 1.86. The maximum absolute atomic E-state index is 12.9. The number of nitrogens with zero attached hydrogens (tertiary/aromatic N) is 2. The van der Waals surface area contributed by atoms with Crippen molar-refractivity contribution in [2.75, 3.05) is 19.5 Å². The van der Waals surface area contributed by atoms with Crippen LogP contribution in [0.1, 0.15) is 10.4 Å². The lowest BCUT2D eigenvalue weighted by atomic mass is 10.0. The summed E-state index contributed by atoms with van der Waals surface area (Å²) in [5, 5.41) is 5.98. The van der Waals surface area contributed by atoms with Crippen LogP contribution in [0.3, 0.4) is 0 Å². The fourth-order valence-corrected chi connectivity index (χ4v) is 3.48. The molecule has 0 fully saturated rings. The molecule has 0 aliphatic rings. The number of fused-ring (bicyclic) bond motifs is 1. The lowest BCUT2D eigenvalue weighted by Gasteiger charge is -2.13. The van der Waals surface area contributed by atoms with E-state index in [1.165, 1.54) is 11.3 Å². The summed E-state index contributed by atoms with van der Waals surface area (Å²) in [6, 6.07) is 14.8. The van der Waals surface area contributed by atoms with Gasteiger partial charge in [0.15, 0.2) is 5.13 Å². The highest BCUT2D eigenvalue weighted by atomic mass is 32.1. The van der Waals surface area contributed by atoms with Crippen molar-refractivity contribution in [2.45, 2.75) is 0 Å². The van der Waals surface area contributed by atoms with Gasteiger partial charge in [-0.15, -0.1) is 11.3 Å². The molecule has 140 valence electrons. The molecule has 0 radical (unpaired) electrons. The van der Waals surface area contributed by atoms with Crippen molar-refractivity contribution in [2.24, 2.45) is 0 Å². The standard InChI is InChI=1S/C21H17N3O3S/c1-26-13-7-8-15(19(11-13)27-2)18-12-16(14-5-3-4-6-17(14)23-18)20(25)24-21-22-9-10-28-21/h3-12H,1-2H3,(H,22,24,25). The van der Waals surface area contributed by atoms with E-state index in [2.05, 4.69) is 10.3 Å². The van der Waals surface area contributed by atoms with Gasteiger partial charge in [-0.1, -0.05) is 18.2 Å². The predicted molar refractivity (Wildman–Crippen MR) is 110 cm³/mol. The second kappa shape index (κ2) is 7.66. The first-order chi connectivity index (χ1) is 13.7. The molecule has 0 spiro atoms. The van der Waals surface area contributed by atoms with E-state index >= 15 is 0 Å². The highest BCUT2D eigenvalue weighted by Gasteiger charge is 2.17. The topological polar surface area (TPSA) is 73.3 Å². The molecule has 0 saturated heterocycles. The van der Waals surface area contributed by atoms with Crippen molar-refractivity contribution in [3.63, 3.8) is 0 Å². The molecule has 0 unspecified atom stereocenters. The number of carbonyl (C=O) groups is 1. The van der Waals surface area contributed by atoms with Crippen molar-refractivity contribution in [1.82, 2.24) is 9.97 Å². The number of hydrogen-bond acceptors (Lipinski definition) is 6. The molecule has 4 aromatic rings. The number of nitrogens with one attached hydrogen (secondary N) is 1. The average Bonchev–Trinajstić information content (AvgIpc) is 3.25. The number of hydrogen-bond donors (Lipinski definition) is 1. The third kappa shape index (κ3) is 3.39. The summed E-state index contributed by atoms with van der Waals surface area (Å²) < 4.78 is 10.8. The first-order valence-corrected chi connectivity index (χ1v) is 9.40. The van der Waals surface area contributed by atoms with Gasteiger partial charge in [-0.2, -0.15) is 0 Å². The molecule has 1 amide bonds. The smallest absolute Gasteiger partial charge is 0.258 e. The van der Waals surface area contributed by atoms with E-state index < -0.39 is 0 Å². The van der Waals surface area contributed by atoms with Crippen molar-refractivity contribution in [3.8, 4) is 22.8 Å². The van der Waals surface area contributed by atoms with Crippen LogP contribution in [0.2, 0.25) is 0 Å². The maximum atomic E-state index is 12.9. The van der Waals surface area contributed by atoms with E-state index in [1.807, 2.05) is 41.8 Å². The van der Waals surface area contributed by atoms with Gasteiger partial charge < -0.3 is 9.47 Å². The van der Waals surface area contributed by atoms with Gasteiger partial charge >= 0.3 is 0 Å². The third-order valence-corrected chi connectivity index (χ3v) is 4.99. The zero-order valence-corrected chi connectivity index (χ0v) is 16.1. The minimum absolute atomic E-state index is 0.234. The number of pyridine rings is 1. The Morgan fingerprint density at radius 1 is 1.07 bits per heavy atom. The van der Waals surface area contributed by atoms with E-state index in [0.29, 0.717) is 27.9 Å². The van der Waals surface area contributed by atoms with Crippen molar-refractivity contribution in [1.29, 1.82) is 0 Å². The number of amides is 1. The molecule has 0 aliphatic carbocycles. The molecule has 2 aromatic heterocycles. The largest absolute Gasteiger partial charge is 0.497 e. The molecule has 6 nitrogen and oxygen atoms in total. The first-order valence-electron chi connectivity index (χ1n) is 8.52. The molecular formula is C21H17N3O3S. The molecule has 7 heteroatoms. The summed E-state index contributed by atoms with van der Waals surface area (Å²) >= 11 is 1.37. The summed E-state index contributed by atoms with van der Waals surface area (Å²) in [7, 11) is 3.19. The summed E-state index contributed by atoms with van der Waals surface area (Å²) in [5.74, 6) is 1.07. The lowest BCUT2D eigenvalue weighted by Crippen LogP contribution is -2.13. The van der Waals surface area contributed by atoms with Crippen molar-refractivity contribution < 1.29 is 14.3 Å². The monoisotopic (exact) mass is 391 g/mol. The number of anilines is 1. The molecular weight excluding hydrogens is 374 g/mol. The van der Waals surface area contributed by atoms with Gasteiger partial charge in [0, 0.05) is 28.6 Å². The van der Waals surface area contributed by atoms with Crippen LogP contribution in [0, 0.1) is 0 Å².